The van der Waals surface area contributed by atoms with Gasteiger partial charge in [-0.1, -0.05) is 23.7 Å². The number of nitrogens with zero attached hydrogens (tertiary/aromatic N) is 1. The molecule has 0 aliphatic carbocycles. The van der Waals surface area contributed by atoms with E-state index in [1.807, 2.05) is 24.3 Å². The second kappa shape index (κ2) is 5.12. The molecule has 4 heteroatoms. The molecular weight excluding hydrogens is 248 g/mol. The Hall–Kier alpha value is -1.32. The lowest BCUT2D eigenvalue weighted by molar-refractivity contribution is 0.383. The zero-order valence-corrected chi connectivity index (χ0v) is 11.6. The van der Waals surface area contributed by atoms with Crippen molar-refractivity contribution in [2.24, 2.45) is 0 Å². The second-order valence-corrected chi connectivity index (χ2v) is 5.61. The molecule has 0 saturated heterocycles. The maximum Gasteiger partial charge on any atom is 0.208 e. The molecule has 1 heterocycles. The number of hydrogen-bond donors (Lipinski definition) is 1. The number of rotatable bonds is 3. The van der Waals surface area contributed by atoms with Crippen LogP contribution in [0.2, 0.25) is 5.02 Å². The van der Waals surface area contributed by atoms with Gasteiger partial charge in [-0.3, -0.25) is 0 Å². The summed E-state index contributed by atoms with van der Waals surface area (Å²) in [5.41, 5.74) is 0.910. The van der Waals surface area contributed by atoms with Crippen molar-refractivity contribution in [1.29, 1.82) is 0 Å². The topological polar surface area (TPSA) is 38.1 Å². The number of aromatic nitrogens is 1. The highest BCUT2D eigenvalue weighted by Gasteiger charge is 2.12. The van der Waals surface area contributed by atoms with Crippen LogP contribution < -0.4 is 5.32 Å². The average Bonchev–Trinajstić information content (AvgIpc) is 2.75. The van der Waals surface area contributed by atoms with E-state index in [1.54, 1.807) is 6.20 Å². The first-order valence-corrected chi connectivity index (χ1v) is 6.28. The molecule has 1 aromatic heterocycles. The van der Waals surface area contributed by atoms with Gasteiger partial charge in [-0.05, 0) is 32.9 Å². The summed E-state index contributed by atoms with van der Waals surface area (Å²) in [6, 6.07) is 7.58. The van der Waals surface area contributed by atoms with Crippen molar-refractivity contribution in [3.05, 3.63) is 41.4 Å². The molecule has 2 rings (SSSR count). The van der Waals surface area contributed by atoms with Gasteiger partial charge in [-0.15, -0.1) is 0 Å². The highest BCUT2D eigenvalue weighted by molar-refractivity contribution is 6.33. The van der Waals surface area contributed by atoms with E-state index in [2.05, 4.69) is 31.1 Å². The fourth-order valence-electron chi connectivity index (χ4n) is 1.52. The molecule has 0 aliphatic rings. The van der Waals surface area contributed by atoms with Crippen molar-refractivity contribution in [1.82, 2.24) is 10.3 Å². The van der Waals surface area contributed by atoms with Gasteiger partial charge in [0, 0.05) is 11.1 Å². The smallest absolute Gasteiger partial charge is 0.208 e. The lowest BCUT2D eigenvalue weighted by atomic mass is 10.1. The van der Waals surface area contributed by atoms with Crippen LogP contribution in [0.15, 0.2) is 34.9 Å². The van der Waals surface area contributed by atoms with Gasteiger partial charge in [0.25, 0.3) is 0 Å². The first-order valence-electron chi connectivity index (χ1n) is 5.90. The summed E-state index contributed by atoms with van der Waals surface area (Å²) < 4.78 is 5.69. The molecule has 0 fully saturated rings. The third kappa shape index (κ3) is 3.34. The van der Waals surface area contributed by atoms with Gasteiger partial charge in [0.1, 0.15) is 0 Å². The molecule has 0 radical (unpaired) electrons. The molecule has 1 aromatic carbocycles. The average molecular weight is 265 g/mol. The van der Waals surface area contributed by atoms with Crippen LogP contribution in [-0.2, 0) is 6.54 Å². The van der Waals surface area contributed by atoms with Crippen molar-refractivity contribution in [3.8, 4) is 11.3 Å². The molecule has 0 unspecified atom stereocenters. The Bertz CT molecular complexity index is 529. The highest BCUT2D eigenvalue weighted by Crippen LogP contribution is 2.27. The van der Waals surface area contributed by atoms with Gasteiger partial charge in [-0.25, -0.2) is 4.98 Å². The first-order chi connectivity index (χ1) is 8.46. The van der Waals surface area contributed by atoms with Crippen LogP contribution in [-0.4, -0.2) is 10.5 Å². The van der Waals surface area contributed by atoms with E-state index in [0.717, 1.165) is 5.56 Å². The number of halogens is 1. The van der Waals surface area contributed by atoms with Gasteiger partial charge >= 0.3 is 0 Å². The van der Waals surface area contributed by atoms with Crippen LogP contribution in [0.25, 0.3) is 11.3 Å². The summed E-state index contributed by atoms with van der Waals surface area (Å²) in [6.07, 6.45) is 1.71. The summed E-state index contributed by atoms with van der Waals surface area (Å²) in [4.78, 5) is 4.25. The van der Waals surface area contributed by atoms with Crippen molar-refractivity contribution in [2.45, 2.75) is 32.9 Å². The number of nitrogens with one attached hydrogen (secondary N) is 1. The Labute approximate surface area is 112 Å². The van der Waals surface area contributed by atoms with E-state index in [-0.39, 0.29) is 5.54 Å². The maximum atomic E-state index is 6.11. The van der Waals surface area contributed by atoms with Crippen molar-refractivity contribution < 1.29 is 4.42 Å². The Morgan fingerprint density at radius 3 is 2.67 bits per heavy atom. The molecule has 0 saturated carbocycles. The molecule has 18 heavy (non-hydrogen) atoms. The first kappa shape index (κ1) is 13.1. The molecule has 0 spiro atoms. The van der Waals surface area contributed by atoms with Crippen molar-refractivity contribution in [2.75, 3.05) is 0 Å². The molecule has 2 aromatic rings. The number of oxazole rings is 1. The second-order valence-electron chi connectivity index (χ2n) is 5.20. The summed E-state index contributed by atoms with van der Waals surface area (Å²) in [6.45, 7) is 6.91. The predicted molar refractivity (Wildman–Crippen MR) is 73.5 cm³/mol. The molecule has 0 aliphatic heterocycles. The SMILES string of the molecule is CC(C)(C)NCc1ncc(-c2ccccc2Cl)o1. The molecular formula is C14H17ClN2O. The van der Waals surface area contributed by atoms with E-state index in [1.165, 1.54) is 0 Å². The fourth-order valence-corrected chi connectivity index (χ4v) is 1.75. The Balaban J connectivity index is 2.14. The zero-order valence-electron chi connectivity index (χ0n) is 10.8. The molecule has 1 N–H and O–H groups in total. The van der Waals surface area contributed by atoms with Gasteiger partial charge in [0.2, 0.25) is 5.89 Å². The minimum absolute atomic E-state index is 0.0407. The van der Waals surface area contributed by atoms with Crippen molar-refractivity contribution >= 4 is 11.6 Å². The molecule has 3 nitrogen and oxygen atoms in total. The Morgan fingerprint density at radius 1 is 1.28 bits per heavy atom. The number of hydrogen-bond acceptors (Lipinski definition) is 3. The lowest BCUT2D eigenvalue weighted by Crippen LogP contribution is -2.35. The maximum absolute atomic E-state index is 6.11. The van der Waals surface area contributed by atoms with Crippen LogP contribution >= 0.6 is 11.6 Å². The largest absolute Gasteiger partial charge is 0.439 e. The minimum atomic E-state index is 0.0407. The van der Waals surface area contributed by atoms with Crippen LogP contribution in [0.1, 0.15) is 26.7 Å². The number of benzene rings is 1. The molecule has 96 valence electrons. The van der Waals surface area contributed by atoms with Crippen LogP contribution in [0, 0.1) is 0 Å². The predicted octanol–water partition coefficient (Wildman–Crippen LogP) is 3.88. The van der Waals surface area contributed by atoms with Gasteiger partial charge in [0.15, 0.2) is 5.76 Å². The van der Waals surface area contributed by atoms with E-state index >= 15 is 0 Å². The van der Waals surface area contributed by atoms with Crippen molar-refractivity contribution in [3.63, 3.8) is 0 Å². The Morgan fingerprint density at radius 2 is 2.00 bits per heavy atom. The van der Waals surface area contributed by atoms with Crippen LogP contribution in [0.3, 0.4) is 0 Å². The van der Waals surface area contributed by atoms with Gasteiger partial charge in [0.05, 0.1) is 17.8 Å². The summed E-state index contributed by atoms with van der Waals surface area (Å²) in [5, 5.41) is 4.00. The van der Waals surface area contributed by atoms with E-state index in [4.69, 9.17) is 16.0 Å². The third-order valence-corrected chi connectivity index (χ3v) is 2.79. The summed E-state index contributed by atoms with van der Waals surface area (Å²) in [5.74, 6) is 1.37. The molecule has 0 atom stereocenters. The van der Waals surface area contributed by atoms with E-state index in [9.17, 15) is 0 Å². The van der Waals surface area contributed by atoms with Gasteiger partial charge < -0.3 is 9.73 Å². The van der Waals surface area contributed by atoms with E-state index in [0.29, 0.717) is 23.2 Å². The summed E-state index contributed by atoms with van der Waals surface area (Å²) in [7, 11) is 0. The van der Waals surface area contributed by atoms with E-state index < -0.39 is 0 Å². The summed E-state index contributed by atoms with van der Waals surface area (Å²) >= 11 is 6.11. The van der Waals surface area contributed by atoms with Crippen LogP contribution in [0.5, 0.6) is 0 Å². The monoisotopic (exact) mass is 264 g/mol. The van der Waals surface area contributed by atoms with Gasteiger partial charge in [-0.2, -0.15) is 0 Å². The minimum Gasteiger partial charge on any atom is -0.439 e. The normalized spacial score (nSPS) is 11.8. The molecule has 0 amide bonds. The quantitative estimate of drug-likeness (QED) is 0.914. The lowest BCUT2D eigenvalue weighted by Gasteiger charge is -2.18. The highest BCUT2D eigenvalue weighted by atomic mass is 35.5. The fraction of sp³-hybridized carbons (Fsp3) is 0.357. The standard InChI is InChI=1S/C14H17ClN2O/c1-14(2,3)17-9-13-16-8-12(18-13)10-6-4-5-7-11(10)15/h4-8,17H,9H2,1-3H3. The Kier molecular flexibility index (Phi) is 3.73. The van der Waals surface area contributed by atoms with Crippen LogP contribution in [0.4, 0.5) is 0 Å². The third-order valence-electron chi connectivity index (χ3n) is 2.46. The molecule has 0 bridgehead atoms. The zero-order chi connectivity index (χ0) is 13.2.